The maximum atomic E-state index is 8.05. The van der Waals surface area contributed by atoms with Crippen molar-refractivity contribution in [2.75, 3.05) is 0 Å². The van der Waals surface area contributed by atoms with Gasteiger partial charge in [-0.15, -0.1) is 0 Å². The molecular weight excluding hydrogens is 164 g/mol. The minimum atomic E-state index is 0.319. The number of hydrogen-bond donors (Lipinski definition) is 0. The van der Waals surface area contributed by atoms with E-state index < -0.39 is 0 Å². The molecule has 0 aliphatic rings. The van der Waals surface area contributed by atoms with E-state index in [0.29, 0.717) is 5.69 Å². The predicted octanol–water partition coefficient (Wildman–Crippen LogP) is -1.89. The molecule has 0 radical (unpaired) electrons. The number of nitrogens with zero attached hydrogens (tertiary/aromatic N) is 2. The van der Waals surface area contributed by atoms with Crippen molar-refractivity contribution in [1.29, 1.82) is 5.26 Å². The van der Waals surface area contributed by atoms with Crippen molar-refractivity contribution in [1.82, 2.24) is 5.16 Å². The van der Waals surface area contributed by atoms with Crippen LogP contribution in [-0.2, 0) is 4.12 Å². The maximum Gasteiger partial charge on any atom is 0.183 e. The summed E-state index contributed by atoms with van der Waals surface area (Å²) in [5, 5.41) is 11.4. The molecule has 0 spiro atoms. The van der Waals surface area contributed by atoms with Gasteiger partial charge in [-0.1, -0.05) is 5.16 Å². The first-order valence-electron chi connectivity index (χ1n) is 2.55. The molecule has 1 aromatic heterocycles. The van der Waals surface area contributed by atoms with Gasteiger partial charge in [0.05, 0.1) is 0 Å². The van der Waals surface area contributed by atoms with Gasteiger partial charge in [0.2, 0.25) is 0 Å². The molecule has 4 nitrogen and oxygen atoms in total. The van der Waals surface area contributed by atoms with Crippen molar-refractivity contribution >= 4 is 21.0 Å². The lowest BCUT2D eigenvalue weighted by Crippen LogP contribution is -1.65. The monoisotopic (exact) mass is 172 g/mol. The summed E-state index contributed by atoms with van der Waals surface area (Å²) in [4.78, 5) is 0. The summed E-state index contributed by atoms with van der Waals surface area (Å²) in [5.74, 6) is 0. The van der Waals surface area contributed by atoms with Crippen LogP contribution in [0.5, 0.6) is 0 Å². The molecule has 0 aliphatic heterocycles. The number of nitriles is 1. The highest BCUT2D eigenvalue weighted by atomic mass is 28.3. The Hall–Kier alpha value is -0.906. The smallest absolute Gasteiger partial charge is 0.183 e. The SMILES string of the molecule is N#Cc1ccon1.[SiH3]O[SiH3]. The highest BCUT2D eigenvalue weighted by molar-refractivity contribution is 6.15. The molecule has 0 aliphatic carbocycles. The summed E-state index contributed by atoms with van der Waals surface area (Å²) in [6, 6.07) is 3.30. The lowest BCUT2D eigenvalue weighted by atomic mass is 10.5. The maximum absolute atomic E-state index is 8.05. The Morgan fingerprint density at radius 3 is 2.50 bits per heavy atom. The van der Waals surface area contributed by atoms with E-state index in [9.17, 15) is 0 Å². The van der Waals surface area contributed by atoms with Gasteiger partial charge in [0.1, 0.15) is 33.3 Å². The fourth-order valence-corrected chi connectivity index (χ4v) is 0.270. The van der Waals surface area contributed by atoms with E-state index in [4.69, 9.17) is 5.26 Å². The van der Waals surface area contributed by atoms with Gasteiger partial charge in [-0.2, -0.15) is 5.26 Å². The molecule has 6 heteroatoms. The highest BCUT2D eigenvalue weighted by Gasteiger charge is 1.86. The fourth-order valence-electron chi connectivity index (χ4n) is 0.270. The highest BCUT2D eigenvalue weighted by Crippen LogP contribution is 1.87. The number of hydrogen-bond acceptors (Lipinski definition) is 4. The minimum Gasteiger partial charge on any atom is -0.471 e. The Balaban J connectivity index is 0.000000236. The number of rotatable bonds is 0. The Labute approximate surface area is 64.9 Å². The molecule has 10 heavy (non-hydrogen) atoms. The van der Waals surface area contributed by atoms with Crippen LogP contribution in [0.15, 0.2) is 16.9 Å². The van der Waals surface area contributed by atoms with E-state index in [2.05, 4.69) is 13.8 Å². The number of aromatic nitrogens is 1. The molecule has 0 amide bonds. The summed E-state index contributed by atoms with van der Waals surface area (Å²) >= 11 is 0. The van der Waals surface area contributed by atoms with Gasteiger partial charge in [0.25, 0.3) is 0 Å². The van der Waals surface area contributed by atoms with Gasteiger partial charge in [0.15, 0.2) is 5.69 Å². The van der Waals surface area contributed by atoms with Crippen LogP contribution in [0.4, 0.5) is 0 Å². The van der Waals surface area contributed by atoms with Gasteiger partial charge < -0.3 is 8.64 Å². The minimum absolute atomic E-state index is 0.319. The normalized spacial score (nSPS) is 7.90. The molecule has 0 unspecified atom stereocenters. The van der Waals surface area contributed by atoms with Gasteiger partial charge in [0, 0.05) is 6.07 Å². The Bertz CT molecular complexity index is 194. The third-order valence-corrected chi connectivity index (χ3v) is 0.552. The van der Waals surface area contributed by atoms with Crippen LogP contribution < -0.4 is 0 Å². The Morgan fingerprint density at radius 2 is 2.30 bits per heavy atom. The first-order chi connectivity index (χ1) is 4.85. The zero-order valence-corrected chi connectivity index (χ0v) is 9.87. The van der Waals surface area contributed by atoms with E-state index in [1.165, 1.54) is 12.3 Å². The Kier molecular flexibility index (Phi) is 5.65. The van der Waals surface area contributed by atoms with E-state index in [-0.39, 0.29) is 0 Å². The molecule has 0 saturated carbocycles. The lowest BCUT2D eigenvalue weighted by Gasteiger charge is -1.62. The first kappa shape index (κ1) is 9.09. The van der Waals surface area contributed by atoms with E-state index in [0.717, 1.165) is 21.0 Å². The zero-order valence-electron chi connectivity index (χ0n) is 5.87. The van der Waals surface area contributed by atoms with Crippen LogP contribution in [0, 0.1) is 11.3 Å². The standard InChI is InChI=1S/C4H2N2O.H6OSi2/c5-3-4-1-2-7-6-4;2-1-3/h1-2H;2-3H3. The molecule has 1 aromatic rings. The molecule has 54 valence electrons. The van der Waals surface area contributed by atoms with Crippen LogP contribution in [0.3, 0.4) is 0 Å². The van der Waals surface area contributed by atoms with Crippen LogP contribution in [-0.4, -0.2) is 26.1 Å². The molecule has 1 heterocycles. The van der Waals surface area contributed by atoms with Gasteiger partial charge in [-0.3, -0.25) is 0 Å². The summed E-state index contributed by atoms with van der Waals surface area (Å²) in [6.07, 6.45) is 1.36. The molecule has 1 rings (SSSR count). The summed E-state index contributed by atoms with van der Waals surface area (Å²) < 4.78 is 8.86. The van der Waals surface area contributed by atoms with E-state index in [1.807, 2.05) is 0 Å². The molecule has 0 fully saturated rings. The first-order valence-corrected chi connectivity index (χ1v) is 4.19. The van der Waals surface area contributed by atoms with E-state index >= 15 is 0 Å². The van der Waals surface area contributed by atoms with E-state index in [1.54, 1.807) is 6.07 Å². The van der Waals surface area contributed by atoms with Crippen LogP contribution >= 0.6 is 0 Å². The average Bonchev–Trinajstić information content (AvgIpc) is 2.39. The molecule has 0 aromatic carbocycles. The largest absolute Gasteiger partial charge is 0.471 e. The quantitative estimate of drug-likeness (QED) is 0.429. The third-order valence-electron chi connectivity index (χ3n) is 0.552. The summed E-state index contributed by atoms with van der Waals surface area (Å²) in [7, 11) is 1.86. The zero-order chi connectivity index (χ0) is 7.82. The second-order valence-corrected chi connectivity index (χ2v) is 4.67. The Morgan fingerprint density at radius 1 is 1.70 bits per heavy atom. The molecule has 0 saturated heterocycles. The topological polar surface area (TPSA) is 59.0 Å². The molecule has 0 atom stereocenters. The summed E-state index contributed by atoms with van der Waals surface area (Å²) in [5.41, 5.74) is 0.319. The fraction of sp³-hybridized carbons (Fsp3) is 0. The molecule has 0 bridgehead atoms. The van der Waals surface area contributed by atoms with Crippen molar-refractivity contribution in [3.8, 4) is 6.07 Å². The van der Waals surface area contributed by atoms with Crippen molar-refractivity contribution in [2.45, 2.75) is 0 Å². The average molecular weight is 172 g/mol. The lowest BCUT2D eigenvalue weighted by molar-refractivity contribution is 0.417. The van der Waals surface area contributed by atoms with Gasteiger partial charge >= 0.3 is 0 Å². The summed E-state index contributed by atoms with van der Waals surface area (Å²) in [6.45, 7) is 0. The van der Waals surface area contributed by atoms with Crippen molar-refractivity contribution < 1.29 is 8.64 Å². The van der Waals surface area contributed by atoms with Gasteiger partial charge in [-0.25, -0.2) is 0 Å². The van der Waals surface area contributed by atoms with Crippen molar-refractivity contribution in [3.63, 3.8) is 0 Å². The van der Waals surface area contributed by atoms with Crippen molar-refractivity contribution in [3.05, 3.63) is 18.0 Å². The van der Waals surface area contributed by atoms with Crippen LogP contribution in [0.25, 0.3) is 0 Å². The van der Waals surface area contributed by atoms with Crippen molar-refractivity contribution in [2.24, 2.45) is 0 Å². The van der Waals surface area contributed by atoms with Gasteiger partial charge in [-0.05, 0) is 0 Å². The molecular formula is C4H8N2O2Si2. The third kappa shape index (κ3) is 4.02. The van der Waals surface area contributed by atoms with Crippen LogP contribution in [0.2, 0.25) is 0 Å². The second-order valence-electron chi connectivity index (χ2n) is 1.40. The van der Waals surface area contributed by atoms with Crippen LogP contribution in [0.1, 0.15) is 5.69 Å². The second kappa shape index (κ2) is 6.22. The molecule has 0 N–H and O–H groups in total. The predicted molar refractivity (Wildman–Crippen MR) is 42.2 cm³/mol.